The van der Waals surface area contributed by atoms with Crippen LogP contribution in [0.5, 0.6) is 5.75 Å². The molecular weight excluding hydrogens is 345 g/mol. The van der Waals surface area contributed by atoms with Gasteiger partial charge in [-0.3, -0.25) is 4.79 Å². The van der Waals surface area contributed by atoms with Gasteiger partial charge in [0.2, 0.25) is 5.91 Å². The number of para-hydroxylation sites is 2. The van der Waals surface area contributed by atoms with E-state index in [-0.39, 0.29) is 18.1 Å². The topological polar surface area (TPSA) is 50.4 Å². The standard InChI is InChI=1S/C19H21F3N2O2/c1-2-3-11-26-17-10-5-4-9-16(17)24-18(25)13-23-15-8-6-7-14(12-15)19(20,21)22/h4-10,12,23H,2-3,11,13H2,1H3,(H,24,25). The Labute approximate surface area is 150 Å². The number of nitrogens with one attached hydrogen (secondary N) is 2. The highest BCUT2D eigenvalue weighted by Gasteiger charge is 2.30. The van der Waals surface area contributed by atoms with E-state index in [4.69, 9.17) is 4.74 Å². The molecule has 0 heterocycles. The zero-order valence-electron chi connectivity index (χ0n) is 14.4. The maximum absolute atomic E-state index is 12.7. The summed E-state index contributed by atoms with van der Waals surface area (Å²) < 4.78 is 43.7. The second-order valence-corrected chi connectivity index (χ2v) is 5.68. The maximum Gasteiger partial charge on any atom is 0.416 e. The molecule has 7 heteroatoms. The zero-order chi connectivity index (χ0) is 19.0. The van der Waals surface area contributed by atoms with Crippen molar-refractivity contribution in [1.82, 2.24) is 0 Å². The summed E-state index contributed by atoms with van der Waals surface area (Å²) >= 11 is 0. The first kappa shape index (κ1) is 19.6. The molecule has 0 bridgehead atoms. The molecule has 0 radical (unpaired) electrons. The molecule has 0 aromatic heterocycles. The normalized spacial score (nSPS) is 11.1. The number of amides is 1. The van der Waals surface area contributed by atoms with Crippen molar-refractivity contribution in [1.29, 1.82) is 0 Å². The van der Waals surface area contributed by atoms with Crippen LogP contribution in [0.2, 0.25) is 0 Å². The summed E-state index contributed by atoms with van der Waals surface area (Å²) in [6.07, 6.45) is -2.52. The Morgan fingerprint density at radius 2 is 1.88 bits per heavy atom. The number of anilines is 2. The zero-order valence-corrected chi connectivity index (χ0v) is 14.4. The fourth-order valence-corrected chi connectivity index (χ4v) is 2.20. The molecule has 140 valence electrons. The van der Waals surface area contributed by atoms with E-state index in [1.165, 1.54) is 12.1 Å². The van der Waals surface area contributed by atoms with Crippen molar-refractivity contribution in [3.8, 4) is 5.75 Å². The molecule has 0 fully saturated rings. The lowest BCUT2D eigenvalue weighted by molar-refractivity contribution is -0.137. The van der Waals surface area contributed by atoms with Crippen molar-refractivity contribution < 1.29 is 22.7 Å². The molecule has 0 unspecified atom stereocenters. The van der Waals surface area contributed by atoms with Gasteiger partial charge in [0.05, 0.1) is 24.4 Å². The molecule has 1 amide bonds. The first-order valence-corrected chi connectivity index (χ1v) is 8.33. The fourth-order valence-electron chi connectivity index (χ4n) is 2.20. The lowest BCUT2D eigenvalue weighted by atomic mass is 10.2. The van der Waals surface area contributed by atoms with Crippen LogP contribution in [-0.2, 0) is 11.0 Å². The number of carbonyl (C=O) groups excluding carboxylic acids is 1. The average molecular weight is 366 g/mol. The number of hydrogen-bond acceptors (Lipinski definition) is 3. The third-order valence-corrected chi connectivity index (χ3v) is 3.56. The smallest absolute Gasteiger partial charge is 0.416 e. The van der Waals surface area contributed by atoms with E-state index in [9.17, 15) is 18.0 Å². The van der Waals surface area contributed by atoms with Crippen LogP contribution >= 0.6 is 0 Å². The Hall–Kier alpha value is -2.70. The highest BCUT2D eigenvalue weighted by atomic mass is 19.4. The largest absolute Gasteiger partial charge is 0.491 e. The molecule has 0 aliphatic rings. The predicted octanol–water partition coefficient (Wildman–Crippen LogP) is 4.93. The van der Waals surface area contributed by atoms with E-state index in [1.54, 1.807) is 24.3 Å². The van der Waals surface area contributed by atoms with Gasteiger partial charge in [0.15, 0.2) is 0 Å². The van der Waals surface area contributed by atoms with Crippen LogP contribution in [0, 0.1) is 0 Å². The number of alkyl halides is 3. The van der Waals surface area contributed by atoms with E-state index in [2.05, 4.69) is 17.6 Å². The SMILES string of the molecule is CCCCOc1ccccc1NC(=O)CNc1cccc(C(F)(F)F)c1. The number of unbranched alkanes of at least 4 members (excludes halogenated alkanes) is 1. The number of benzene rings is 2. The van der Waals surface area contributed by atoms with Crippen LogP contribution in [0.3, 0.4) is 0 Å². The Morgan fingerprint density at radius 3 is 2.62 bits per heavy atom. The van der Waals surface area contributed by atoms with Gasteiger partial charge < -0.3 is 15.4 Å². The van der Waals surface area contributed by atoms with E-state index in [1.807, 2.05) is 0 Å². The van der Waals surface area contributed by atoms with Crippen molar-refractivity contribution in [2.45, 2.75) is 25.9 Å². The quantitative estimate of drug-likeness (QED) is 0.651. The minimum absolute atomic E-state index is 0.162. The van der Waals surface area contributed by atoms with Crippen LogP contribution in [0.25, 0.3) is 0 Å². The highest BCUT2D eigenvalue weighted by Crippen LogP contribution is 2.30. The number of halogens is 3. The summed E-state index contributed by atoms with van der Waals surface area (Å²) in [6.45, 7) is 2.44. The molecule has 2 rings (SSSR count). The van der Waals surface area contributed by atoms with Crippen molar-refractivity contribution in [2.75, 3.05) is 23.8 Å². The molecule has 0 atom stereocenters. The van der Waals surface area contributed by atoms with Crippen molar-refractivity contribution in [3.63, 3.8) is 0 Å². The van der Waals surface area contributed by atoms with E-state index >= 15 is 0 Å². The van der Waals surface area contributed by atoms with Gasteiger partial charge in [0.25, 0.3) is 0 Å². The maximum atomic E-state index is 12.7. The summed E-state index contributed by atoms with van der Waals surface area (Å²) in [6, 6.07) is 11.8. The van der Waals surface area contributed by atoms with Crippen LogP contribution in [-0.4, -0.2) is 19.1 Å². The Kier molecular flexibility index (Phi) is 6.89. The predicted molar refractivity (Wildman–Crippen MR) is 95.4 cm³/mol. The molecule has 0 aliphatic carbocycles. The minimum atomic E-state index is -4.42. The third kappa shape index (κ3) is 5.98. The average Bonchev–Trinajstić information content (AvgIpc) is 2.61. The minimum Gasteiger partial charge on any atom is -0.491 e. The van der Waals surface area contributed by atoms with Crippen LogP contribution in [0.15, 0.2) is 48.5 Å². The molecule has 0 spiro atoms. The monoisotopic (exact) mass is 366 g/mol. The van der Waals surface area contributed by atoms with Gasteiger partial charge in [0.1, 0.15) is 5.75 Å². The molecule has 2 aromatic carbocycles. The third-order valence-electron chi connectivity index (χ3n) is 3.56. The molecule has 0 aliphatic heterocycles. The molecule has 26 heavy (non-hydrogen) atoms. The second-order valence-electron chi connectivity index (χ2n) is 5.68. The number of rotatable bonds is 8. The first-order chi connectivity index (χ1) is 12.4. The summed E-state index contributed by atoms with van der Waals surface area (Å²) in [7, 11) is 0. The Bertz CT molecular complexity index is 733. The van der Waals surface area contributed by atoms with Gasteiger partial charge in [-0.15, -0.1) is 0 Å². The summed E-state index contributed by atoms with van der Waals surface area (Å²) in [5.74, 6) is 0.183. The molecule has 4 nitrogen and oxygen atoms in total. The number of ether oxygens (including phenoxy) is 1. The highest BCUT2D eigenvalue weighted by molar-refractivity contribution is 5.95. The molecule has 0 saturated heterocycles. The van der Waals surface area contributed by atoms with Crippen LogP contribution in [0.4, 0.5) is 24.5 Å². The molecule has 0 saturated carbocycles. The Morgan fingerprint density at radius 1 is 1.12 bits per heavy atom. The van der Waals surface area contributed by atoms with Crippen molar-refractivity contribution >= 4 is 17.3 Å². The molecule has 2 aromatic rings. The molecular formula is C19H21F3N2O2. The molecule has 2 N–H and O–H groups in total. The second kappa shape index (κ2) is 9.12. The van der Waals surface area contributed by atoms with Gasteiger partial charge in [-0.25, -0.2) is 0 Å². The van der Waals surface area contributed by atoms with E-state index < -0.39 is 11.7 Å². The van der Waals surface area contributed by atoms with Gasteiger partial charge in [0, 0.05) is 5.69 Å². The van der Waals surface area contributed by atoms with Gasteiger partial charge in [-0.1, -0.05) is 31.5 Å². The van der Waals surface area contributed by atoms with Gasteiger partial charge in [-0.05, 0) is 36.8 Å². The lowest BCUT2D eigenvalue weighted by Crippen LogP contribution is -2.22. The lowest BCUT2D eigenvalue weighted by Gasteiger charge is -2.13. The van der Waals surface area contributed by atoms with Crippen molar-refractivity contribution in [2.24, 2.45) is 0 Å². The van der Waals surface area contributed by atoms with Crippen LogP contribution in [0.1, 0.15) is 25.3 Å². The summed E-state index contributed by atoms with van der Waals surface area (Å²) in [5, 5.41) is 5.40. The van der Waals surface area contributed by atoms with Gasteiger partial charge >= 0.3 is 6.18 Å². The number of carbonyl (C=O) groups is 1. The summed E-state index contributed by atoms with van der Waals surface area (Å²) in [5.41, 5.74) is -0.0144. The van der Waals surface area contributed by atoms with E-state index in [0.29, 0.717) is 18.0 Å². The van der Waals surface area contributed by atoms with Crippen molar-refractivity contribution in [3.05, 3.63) is 54.1 Å². The fraction of sp³-hybridized carbons (Fsp3) is 0.316. The Balaban J connectivity index is 1.93. The first-order valence-electron chi connectivity index (χ1n) is 8.33. The van der Waals surface area contributed by atoms with E-state index in [0.717, 1.165) is 25.0 Å². The number of hydrogen-bond donors (Lipinski definition) is 2. The van der Waals surface area contributed by atoms with Gasteiger partial charge in [-0.2, -0.15) is 13.2 Å². The summed E-state index contributed by atoms with van der Waals surface area (Å²) in [4.78, 5) is 12.1. The van der Waals surface area contributed by atoms with Crippen LogP contribution < -0.4 is 15.4 Å².